The zero-order valence-electron chi connectivity index (χ0n) is 22.5. The van der Waals surface area contributed by atoms with E-state index in [1.807, 2.05) is 96.8 Å². The van der Waals surface area contributed by atoms with Gasteiger partial charge in [0, 0.05) is 44.8 Å². The molecule has 1 N–H and O–H groups in total. The normalized spacial score (nSPS) is 23.0. The van der Waals surface area contributed by atoms with Crippen molar-refractivity contribution in [2.75, 3.05) is 39.9 Å². The summed E-state index contributed by atoms with van der Waals surface area (Å²) in [5.74, 6) is -1.72. The van der Waals surface area contributed by atoms with Gasteiger partial charge in [-0.1, -0.05) is 90.5 Å². The summed E-state index contributed by atoms with van der Waals surface area (Å²) in [6.07, 6.45) is 0. The second kappa shape index (κ2) is 11.9. The lowest BCUT2D eigenvalue weighted by molar-refractivity contribution is -0.148. The van der Waals surface area contributed by atoms with Gasteiger partial charge in [-0.2, -0.15) is 0 Å². The van der Waals surface area contributed by atoms with Crippen molar-refractivity contribution in [2.45, 2.75) is 24.9 Å². The molecule has 2 saturated heterocycles. The van der Waals surface area contributed by atoms with Crippen LogP contribution in [0.4, 0.5) is 0 Å². The molecule has 2 heterocycles. The van der Waals surface area contributed by atoms with E-state index in [1.54, 1.807) is 4.90 Å². The Hall–Kier alpha value is -3.81. The van der Waals surface area contributed by atoms with Crippen molar-refractivity contribution in [3.8, 4) is 0 Å². The first-order valence-corrected chi connectivity index (χ1v) is 13.5. The molecule has 5 rings (SSSR count). The molecule has 2 aliphatic heterocycles. The van der Waals surface area contributed by atoms with E-state index in [-0.39, 0.29) is 24.2 Å². The lowest BCUT2D eigenvalue weighted by Gasteiger charge is -2.36. The van der Waals surface area contributed by atoms with Crippen LogP contribution in [0.2, 0.25) is 0 Å². The summed E-state index contributed by atoms with van der Waals surface area (Å²) in [5, 5.41) is 3.30. The highest BCUT2D eigenvalue weighted by Gasteiger charge is 2.57. The quantitative estimate of drug-likeness (QED) is 0.477. The van der Waals surface area contributed by atoms with Crippen molar-refractivity contribution in [3.05, 3.63) is 107 Å². The number of benzene rings is 3. The smallest absolute Gasteiger partial charge is 0.249 e. The summed E-state index contributed by atoms with van der Waals surface area (Å²) < 4.78 is 5.30. The molecule has 4 atom stereocenters. The van der Waals surface area contributed by atoms with E-state index in [4.69, 9.17) is 4.74 Å². The monoisotopic (exact) mass is 525 g/mol. The maximum absolute atomic E-state index is 14.4. The number of methoxy groups -OCH3 is 1. The maximum atomic E-state index is 14.4. The van der Waals surface area contributed by atoms with Crippen molar-refractivity contribution in [2.24, 2.45) is 5.92 Å². The number of ketones is 1. The minimum Gasteiger partial charge on any atom is -0.375 e. The number of carbonyl (C=O) groups is 3. The van der Waals surface area contributed by atoms with Crippen molar-refractivity contribution >= 4 is 17.6 Å². The lowest BCUT2D eigenvalue weighted by Crippen LogP contribution is -2.55. The fourth-order valence-electron chi connectivity index (χ4n) is 6.06. The van der Waals surface area contributed by atoms with E-state index in [2.05, 4.69) is 5.32 Å². The van der Waals surface area contributed by atoms with Crippen LogP contribution in [0.5, 0.6) is 0 Å². The van der Waals surface area contributed by atoms with Crippen LogP contribution >= 0.6 is 0 Å². The fourth-order valence-corrected chi connectivity index (χ4v) is 6.06. The number of nitrogens with zero attached hydrogens (tertiary/aromatic N) is 2. The Balaban J connectivity index is 1.74. The van der Waals surface area contributed by atoms with Gasteiger partial charge in [0.2, 0.25) is 11.8 Å². The maximum Gasteiger partial charge on any atom is 0.249 e. The number of aryl methyl sites for hydroxylation is 1. The Morgan fingerprint density at radius 2 is 1.46 bits per heavy atom. The molecule has 0 saturated carbocycles. The standard InChI is InChI=1S/C32H35N3O4/c1-22-13-15-24(16-14-22)29-28(31(37)25-11-7-4-8-12-25)27(23-9-5-3-6-10-23)30(35(29)26(36)21-39-2)32(38)34-19-17-33-18-20-34/h3-16,27-30,33H,17-21H2,1-2H3. The predicted molar refractivity (Wildman–Crippen MR) is 149 cm³/mol. The molecule has 4 unspecified atom stereocenters. The second-order valence-corrected chi connectivity index (χ2v) is 10.3. The van der Waals surface area contributed by atoms with Crippen LogP contribution in [0.25, 0.3) is 0 Å². The molecule has 0 aliphatic carbocycles. The van der Waals surface area contributed by atoms with Gasteiger partial charge in [-0.3, -0.25) is 14.4 Å². The fraction of sp³-hybridized carbons (Fsp3) is 0.344. The topological polar surface area (TPSA) is 79.0 Å². The van der Waals surface area contributed by atoms with Crippen LogP contribution in [0.1, 0.15) is 39.0 Å². The van der Waals surface area contributed by atoms with E-state index >= 15 is 0 Å². The molecule has 0 bridgehead atoms. The first-order chi connectivity index (χ1) is 19.0. The van der Waals surface area contributed by atoms with Crippen molar-refractivity contribution in [3.63, 3.8) is 0 Å². The van der Waals surface area contributed by atoms with Crippen LogP contribution in [0.3, 0.4) is 0 Å². The minimum atomic E-state index is -0.850. The number of ether oxygens (including phenoxy) is 1. The van der Waals surface area contributed by atoms with Gasteiger partial charge < -0.3 is 19.9 Å². The molecule has 0 spiro atoms. The molecular weight excluding hydrogens is 490 g/mol. The summed E-state index contributed by atoms with van der Waals surface area (Å²) in [5.41, 5.74) is 3.33. The van der Waals surface area contributed by atoms with Gasteiger partial charge in [0.1, 0.15) is 12.6 Å². The lowest BCUT2D eigenvalue weighted by atomic mass is 9.76. The Labute approximate surface area is 229 Å². The molecule has 202 valence electrons. The highest BCUT2D eigenvalue weighted by Crippen LogP contribution is 2.51. The van der Waals surface area contributed by atoms with Gasteiger partial charge in [-0.15, -0.1) is 0 Å². The second-order valence-electron chi connectivity index (χ2n) is 10.3. The number of piperazine rings is 1. The molecular formula is C32H35N3O4. The van der Waals surface area contributed by atoms with Crippen LogP contribution in [0.15, 0.2) is 84.9 Å². The molecule has 2 fully saturated rings. The number of rotatable bonds is 7. The van der Waals surface area contributed by atoms with Gasteiger partial charge >= 0.3 is 0 Å². The molecule has 3 aromatic rings. The molecule has 7 heteroatoms. The number of carbonyl (C=O) groups excluding carboxylic acids is 3. The van der Waals surface area contributed by atoms with Gasteiger partial charge in [-0.25, -0.2) is 0 Å². The van der Waals surface area contributed by atoms with Gasteiger partial charge in [-0.05, 0) is 18.1 Å². The van der Waals surface area contributed by atoms with Crippen LogP contribution in [0, 0.1) is 12.8 Å². The van der Waals surface area contributed by atoms with Gasteiger partial charge in [0.05, 0.1) is 12.0 Å². The number of amides is 2. The Morgan fingerprint density at radius 3 is 2.08 bits per heavy atom. The molecule has 3 aromatic carbocycles. The largest absolute Gasteiger partial charge is 0.375 e. The molecule has 2 amide bonds. The summed E-state index contributed by atoms with van der Waals surface area (Å²) in [6.45, 7) is 4.30. The third-order valence-corrected chi connectivity index (χ3v) is 7.87. The Kier molecular flexibility index (Phi) is 8.19. The molecule has 2 aliphatic rings. The molecule has 0 aromatic heterocycles. The van der Waals surface area contributed by atoms with Gasteiger partial charge in [0.15, 0.2) is 5.78 Å². The average molecular weight is 526 g/mol. The summed E-state index contributed by atoms with van der Waals surface area (Å²) in [4.78, 5) is 46.2. The minimum absolute atomic E-state index is 0.0825. The zero-order valence-corrected chi connectivity index (χ0v) is 22.5. The van der Waals surface area contributed by atoms with E-state index in [0.717, 1.165) is 16.7 Å². The Morgan fingerprint density at radius 1 is 0.846 bits per heavy atom. The summed E-state index contributed by atoms with van der Waals surface area (Å²) >= 11 is 0. The van der Waals surface area contributed by atoms with E-state index in [0.29, 0.717) is 31.7 Å². The third-order valence-electron chi connectivity index (χ3n) is 7.87. The molecule has 39 heavy (non-hydrogen) atoms. The third kappa shape index (κ3) is 5.37. The number of likely N-dealkylation sites (tertiary alicyclic amines) is 1. The van der Waals surface area contributed by atoms with E-state index in [9.17, 15) is 14.4 Å². The van der Waals surface area contributed by atoms with Crippen molar-refractivity contribution < 1.29 is 19.1 Å². The number of hydrogen-bond acceptors (Lipinski definition) is 5. The number of nitrogens with one attached hydrogen (secondary N) is 1. The number of hydrogen-bond donors (Lipinski definition) is 1. The molecule has 0 radical (unpaired) electrons. The first-order valence-electron chi connectivity index (χ1n) is 13.5. The predicted octanol–water partition coefficient (Wildman–Crippen LogP) is 3.61. The van der Waals surface area contributed by atoms with Crippen molar-refractivity contribution in [1.82, 2.24) is 15.1 Å². The van der Waals surface area contributed by atoms with E-state index in [1.165, 1.54) is 7.11 Å². The average Bonchev–Trinajstić information content (AvgIpc) is 3.34. The summed E-state index contributed by atoms with van der Waals surface area (Å²) in [7, 11) is 1.48. The highest BCUT2D eigenvalue weighted by atomic mass is 16.5. The SMILES string of the molecule is COCC(=O)N1C(C(=O)N2CCNCC2)C(c2ccccc2)C(C(=O)c2ccccc2)C1c1ccc(C)cc1. The Bertz CT molecular complexity index is 1290. The van der Waals surface area contributed by atoms with Crippen LogP contribution in [-0.2, 0) is 14.3 Å². The van der Waals surface area contributed by atoms with E-state index < -0.39 is 23.9 Å². The summed E-state index contributed by atoms with van der Waals surface area (Å²) in [6, 6.07) is 25.3. The number of Topliss-reactive ketones (excluding diaryl/α,β-unsaturated/α-hetero) is 1. The van der Waals surface area contributed by atoms with Crippen molar-refractivity contribution in [1.29, 1.82) is 0 Å². The molecule has 7 nitrogen and oxygen atoms in total. The van der Waals surface area contributed by atoms with Crippen LogP contribution < -0.4 is 5.32 Å². The zero-order chi connectivity index (χ0) is 27.4. The highest BCUT2D eigenvalue weighted by molar-refractivity contribution is 6.02. The van der Waals surface area contributed by atoms with Gasteiger partial charge in [0.25, 0.3) is 0 Å². The van der Waals surface area contributed by atoms with Crippen LogP contribution in [-0.4, -0.2) is 73.3 Å². The first kappa shape index (κ1) is 26.8.